The normalized spacial score (nSPS) is 15.6. The third kappa shape index (κ3) is 3.48. The summed E-state index contributed by atoms with van der Waals surface area (Å²) in [5, 5.41) is 2.89. The van der Waals surface area contributed by atoms with Crippen molar-refractivity contribution in [3.63, 3.8) is 0 Å². The van der Waals surface area contributed by atoms with Gasteiger partial charge >= 0.3 is 6.18 Å². The van der Waals surface area contributed by atoms with E-state index in [2.05, 4.69) is 15.3 Å². The van der Waals surface area contributed by atoms with E-state index in [9.17, 15) is 13.2 Å². The highest BCUT2D eigenvalue weighted by molar-refractivity contribution is 5.45. The van der Waals surface area contributed by atoms with Crippen molar-refractivity contribution in [2.75, 3.05) is 23.3 Å². The molecule has 1 N–H and O–H groups in total. The average molecular weight is 260 g/mol. The molecule has 1 aromatic heterocycles. The van der Waals surface area contributed by atoms with Gasteiger partial charge in [-0.25, -0.2) is 4.98 Å². The van der Waals surface area contributed by atoms with Gasteiger partial charge in [-0.15, -0.1) is 0 Å². The Bertz CT molecular complexity index is 404. The molecular weight excluding hydrogens is 245 g/mol. The highest BCUT2D eigenvalue weighted by Gasteiger charge is 2.38. The molecule has 0 amide bonds. The SMILES string of the molecule is CCNc1nccc(N(CC(F)(F)F)C2CC2)n1. The van der Waals surface area contributed by atoms with Gasteiger partial charge in [-0.05, 0) is 25.8 Å². The molecule has 1 aliphatic rings. The van der Waals surface area contributed by atoms with Gasteiger partial charge in [0.1, 0.15) is 12.4 Å². The van der Waals surface area contributed by atoms with Crippen molar-refractivity contribution in [1.29, 1.82) is 0 Å². The molecule has 4 nitrogen and oxygen atoms in total. The number of rotatable bonds is 5. The Morgan fingerprint density at radius 1 is 1.44 bits per heavy atom. The number of nitrogens with one attached hydrogen (secondary N) is 1. The van der Waals surface area contributed by atoms with E-state index in [1.165, 1.54) is 17.2 Å². The molecule has 0 bridgehead atoms. The van der Waals surface area contributed by atoms with Crippen molar-refractivity contribution in [3.8, 4) is 0 Å². The minimum Gasteiger partial charge on any atom is -0.354 e. The van der Waals surface area contributed by atoms with E-state index in [-0.39, 0.29) is 6.04 Å². The quantitative estimate of drug-likeness (QED) is 0.882. The second-order valence-electron chi connectivity index (χ2n) is 4.24. The van der Waals surface area contributed by atoms with Crippen LogP contribution in [0.15, 0.2) is 12.3 Å². The monoisotopic (exact) mass is 260 g/mol. The van der Waals surface area contributed by atoms with E-state index in [0.717, 1.165) is 12.8 Å². The van der Waals surface area contributed by atoms with Gasteiger partial charge in [-0.2, -0.15) is 18.2 Å². The Hall–Kier alpha value is -1.53. The van der Waals surface area contributed by atoms with Gasteiger partial charge < -0.3 is 10.2 Å². The zero-order chi connectivity index (χ0) is 13.2. The molecule has 100 valence electrons. The van der Waals surface area contributed by atoms with Crippen LogP contribution in [0.5, 0.6) is 0 Å². The maximum absolute atomic E-state index is 12.5. The van der Waals surface area contributed by atoms with Crippen molar-refractivity contribution in [2.24, 2.45) is 0 Å². The summed E-state index contributed by atoms with van der Waals surface area (Å²) in [7, 11) is 0. The lowest BCUT2D eigenvalue weighted by Crippen LogP contribution is -2.36. The zero-order valence-electron chi connectivity index (χ0n) is 10.0. The summed E-state index contributed by atoms with van der Waals surface area (Å²) in [5.74, 6) is 0.698. The van der Waals surface area contributed by atoms with E-state index in [1.807, 2.05) is 6.92 Å². The molecule has 0 spiro atoms. The maximum atomic E-state index is 12.5. The first-order chi connectivity index (χ1) is 8.49. The van der Waals surface area contributed by atoms with Crippen LogP contribution >= 0.6 is 0 Å². The third-order valence-electron chi connectivity index (χ3n) is 2.61. The van der Waals surface area contributed by atoms with Crippen molar-refractivity contribution >= 4 is 11.8 Å². The third-order valence-corrected chi connectivity index (χ3v) is 2.61. The van der Waals surface area contributed by atoms with Crippen LogP contribution in [-0.4, -0.2) is 35.3 Å². The van der Waals surface area contributed by atoms with Crippen LogP contribution in [0.2, 0.25) is 0 Å². The molecule has 1 fully saturated rings. The number of anilines is 2. The Labute approximate surface area is 103 Å². The van der Waals surface area contributed by atoms with E-state index in [0.29, 0.717) is 18.3 Å². The Balaban J connectivity index is 2.17. The first-order valence-corrected chi connectivity index (χ1v) is 5.90. The van der Waals surface area contributed by atoms with Gasteiger partial charge in [-0.1, -0.05) is 0 Å². The van der Waals surface area contributed by atoms with Crippen molar-refractivity contribution < 1.29 is 13.2 Å². The molecule has 0 saturated heterocycles. The summed E-state index contributed by atoms with van der Waals surface area (Å²) < 4.78 is 37.6. The minimum atomic E-state index is -4.22. The number of hydrogen-bond acceptors (Lipinski definition) is 4. The van der Waals surface area contributed by atoms with E-state index in [1.54, 1.807) is 0 Å². The molecule has 1 saturated carbocycles. The summed E-state index contributed by atoms with van der Waals surface area (Å²) in [5.41, 5.74) is 0. The van der Waals surface area contributed by atoms with Crippen molar-refractivity contribution in [1.82, 2.24) is 9.97 Å². The van der Waals surface area contributed by atoms with Crippen LogP contribution in [-0.2, 0) is 0 Å². The molecule has 18 heavy (non-hydrogen) atoms. The first kappa shape index (κ1) is 12.9. The molecular formula is C11H15F3N4. The smallest absolute Gasteiger partial charge is 0.354 e. The molecule has 0 unspecified atom stereocenters. The van der Waals surface area contributed by atoms with E-state index in [4.69, 9.17) is 0 Å². The number of alkyl halides is 3. The molecule has 1 aliphatic carbocycles. The van der Waals surface area contributed by atoms with Crippen LogP contribution in [0.1, 0.15) is 19.8 Å². The topological polar surface area (TPSA) is 41.1 Å². The van der Waals surface area contributed by atoms with Gasteiger partial charge in [0.05, 0.1) is 0 Å². The summed E-state index contributed by atoms with van der Waals surface area (Å²) >= 11 is 0. The molecule has 7 heteroatoms. The second kappa shape index (κ2) is 4.99. The summed E-state index contributed by atoms with van der Waals surface area (Å²) in [4.78, 5) is 9.38. The maximum Gasteiger partial charge on any atom is 0.405 e. The van der Waals surface area contributed by atoms with Crippen LogP contribution in [0.3, 0.4) is 0 Å². The summed E-state index contributed by atoms with van der Waals surface area (Å²) in [6.07, 6.45) is -1.16. The van der Waals surface area contributed by atoms with Crippen LogP contribution in [0.4, 0.5) is 24.9 Å². The molecule has 0 radical (unpaired) electrons. The number of aromatic nitrogens is 2. The second-order valence-corrected chi connectivity index (χ2v) is 4.24. The number of nitrogens with zero attached hydrogens (tertiary/aromatic N) is 3. The van der Waals surface area contributed by atoms with Crippen LogP contribution in [0.25, 0.3) is 0 Å². The first-order valence-electron chi connectivity index (χ1n) is 5.90. The molecule has 0 aromatic carbocycles. The lowest BCUT2D eigenvalue weighted by Gasteiger charge is -2.24. The average Bonchev–Trinajstić information content (AvgIpc) is 3.09. The molecule has 0 aliphatic heterocycles. The molecule has 2 rings (SSSR count). The van der Waals surface area contributed by atoms with Crippen LogP contribution < -0.4 is 10.2 Å². The highest BCUT2D eigenvalue weighted by atomic mass is 19.4. The predicted molar refractivity (Wildman–Crippen MR) is 62.6 cm³/mol. The Morgan fingerprint density at radius 2 is 2.17 bits per heavy atom. The minimum absolute atomic E-state index is 0.0454. The Kier molecular flexibility index (Phi) is 3.58. The largest absolute Gasteiger partial charge is 0.405 e. The number of halogens is 3. The zero-order valence-corrected chi connectivity index (χ0v) is 10.0. The van der Waals surface area contributed by atoms with E-state index < -0.39 is 12.7 Å². The lowest BCUT2D eigenvalue weighted by atomic mass is 10.4. The van der Waals surface area contributed by atoms with Gasteiger partial charge in [-0.3, -0.25) is 0 Å². The molecule has 1 heterocycles. The van der Waals surface area contributed by atoms with E-state index >= 15 is 0 Å². The van der Waals surface area contributed by atoms with Gasteiger partial charge in [0, 0.05) is 18.8 Å². The Morgan fingerprint density at radius 3 is 2.72 bits per heavy atom. The number of hydrogen-bond donors (Lipinski definition) is 1. The standard InChI is InChI=1S/C11H15F3N4/c1-2-15-10-16-6-5-9(17-10)18(8-3-4-8)7-11(12,13)14/h5-6,8H,2-4,7H2,1H3,(H,15,16,17). The summed E-state index contributed by atoms with van der Waals surface area (Å²) in [6.45, 7) is 1.55. The van der Waals surface area contributed by atoms with Gasteiger partial charge in [0.25, 0.3) is 0 Å². The fourth-order valence-electron chi connectivity index (χ4n) is 1.73. The lowest BCUT2D eigenvalue weighted by molar-refractivity contribution is -0.120. The van der Waals surface area contributed by atoms with Gasteiger partial charge in [0.2, 0.25) is 5.95 Å². The van der Waals surface area contributed by atoms with Crippen molar-refractivity contribution in [2.45, 2.75) is 32.0 Å². The predicted octanol–water partition coefficient (Wildman–Crippen LogP) is 2.44. The van der Waals surface area contributed by atoms with Crippen molar-refractivity contribution in [3.05, 3.63) is 12.3 Å². The fraction of sp³-hybridized carbons (Fsp3) is 0.636. The van der Waals surface area contributed by atoms with Crippen LogP contribution in [0, 0.1) is 0 Å². The summed E-state index contributed by atoms with van der Waals surface area (Å²) in [6, 6.07) is 1.47. The molecule has 0 atom stereocenters. The fourth-order valence-corrected chi connectivity index (χ4v) is 1.73. The highest BCUT2D eigenvalue weighted by Crippen LogP contribution is 2.33. The van der Waals surface area contributed by atoms with Gasteiger partial charge in [0.15, 0.2) is 0 Å². The molecule has 1 aromatic rings.